The molecule has 0 unspecified atom stereocenters. The number of hydrogen-bond donors (Lipinski definition) is 0. The summed E-state index contributed by atoms with van der Waals surface area (Å²) >= 11 is 15.8. The van der Waals surface area contributed by atoms with Crippen LogP contribution in [0.5, 0.6) is 0 Å². The Balaban J connectivity index is -0.0000000193. The van der Waals surface area contributed by atoms with Crippen molar-refractivity contribution in [1.29, 1.82) is 0 Å². The molecule has 27 heavy (non-hydrogen) atoms. The highest BCUT2D eigenvalue weighted by Gasteiger charge is 1.35. The molecule has 0 saturated heterocycles. The summed E-state index contributed by atoms with van der Waals surface area (Å²) < 4.78 is 0. The Bertz CT molecular complexity index is 53.3. The van der Waals surface area contributed by atoms with Crippen LogP contribution in [0.4, 0.5) is 0 Å². The van der Waals surface area contributed by atoms with Crippen molar-refractivity contribution in [3.05, 3.63) is 0 Å². The molecule has 0 atom stereocenters. The zero-order chi connectivity index (χ0) is 24.4. The van der Waals surface area contributed by atoms with Gasteiger partial charge < -0.3 is 0 Å². The van der Waals surface area contributed by atoms with E-state index in [0.717, 1.165) is 0 Å². The zero-order valence-corrected chi connectivity index (χ0v) is 29.0. The average molecular weight is 559 g/mol. The van der Waals surface area contributed by atoms with Crippen LogP contribution >= 0.6 is 106 Å². The van der Waals surface area contributed by atoms with Gasteiger partial charge in [0.05, 0.1) is 0 Å². The fourth-order valence-electron chi connectivity index (χ4n) is 0. The van der Waals surface area contributed by atoms with Crippen LogP contribution in [-0.2, 0) is 0 Å². The van der Waals surface area contributed by atoms with Crippen molar-refractivity contribution in [3.63, 3.8) is 0 Å². The Morgan fingerprint density at radius 1 is 0.148 bits per heavy atom. The minimum atomic E-state index is 1.75. The highest BCUT2D eigenvalue weighted by molar-refractivity contribution is 7.99. The molecule has 0 aliphatic heterocycles. The summed E-state index contributed by atoms with van der Waals surface area (Å²) in [7, 11) is 0. The standard InChI is InChI=1S/9C2H6S/c9*1-3-2/h9*1-2H3. The van der Waals surface area contributed by atoms with Crippen LogP contribution in [-0.4, -0.2) is 113 Å². The summed E-state index contributed by atoms with van der Waals surface area (Å²) in [5, 5.41) is 0. The zero-order valence-electron chi connectivity index (χ0n) is 21.7. The van der Waals surface area contributed by atoms with E-state index in [1.807, 2.05) is 113 Å². The maximum absolute atomic E-state index is 2.04. The van der Waals surface area contributed by atoms with Crippen molar-refractivity contribution < 1.29 is 0 Å². The summed E-state index contributed by atoms with van der Waals surface area (Å²) in [6.45, 7) is 0. The molecule has 0 aromatic rings. The second-order valence-corrected chi connectivity index (χ2v) is 11.0. The van der Waals surface area contributed by atoms with Crippen molar-refractivity contribution in [2.75, 3.05) is 113 Å². The van der Waals surface area contributed by atoms with E-state index in [2.05, 4.69) is 0 Å². The van der Waals surface area contributed by atoms with Crippen LogP contribution in [0.25, 0.3) is 0 Å². The van der Waals surface area contributed by atoms with E-state index in [-0.39, 0.29) is 0 Å². The van der Waals surface area contributed by atoms with Crippen molar-refractivity contribution in [3.8, 4) is 0 Å². The first-order chi connectivity index (χ1) is 12.7. The van der Waals surface area contributed by atoms with E-state index in [1.54, 1.807) is 106 Å². The van der Waals surface area contributed by atoms with Gasteiger partial charge in [0.25, 0.3) is 0 Å². The van der Waals surface area contributed by atoms with Crippen molar-refractivity contribution in [2.24, 2.45) is 0 Å². The fourth-order valence-corrected chi connectivity index (χ4v) is 0. The molecule has 0 radical (unpaired) electrons. The lowest BCUT2D eigenvalue weighted by Gasteiger charge is -1.51. The minimum Gasteiger partial charge on any atom is -0.169 e. The smallest absolute Gasteiger partial charge is 0.0187 e. The molecule has 180 valence electrons. The lowest BCUT2D eigenvalue weighted by Crippen LogP contribution is -1.25. The van der Waals surface area contributed by atoms with Gasteiger partial charge >= 0.3 is 0 Å². The van der Waals surface area contributed by atoms with Crippen LogP contribution in [0.3, 0.4) is 0 Å². The Kier molecular flexibility index (Phi) is 332. The normalized spacial score (nSPS) is 6.00. The lowest BCUT2D eigenvalue weighted by molar-refractivity contribution is 2.37. The maximum Gasteiger partial charge on any atom is -0.0187 e. The van der Waals surface area contributed by atoms with Gasteiger partial charge in [-0.3, -0.25) is 0 Å². The largest absolute Gasteiger partial charge is 0.169 e. The highest BCUT2D eigenvalue weighted by atomic mass is 32.2. The minimum absolute atomic E-state index is 1.75. The SMILES string of the molecule is CSC.CSC.CSC.CSC.CSC.CSC.CSC.CSC.CSC. The Hall–Kier alpha value is 3.15. The molecular weight excluding hydrogens is 505 g/mol. The van der Waals surface area contributed by atoms with E-state index in [1.165, 1.54) is 0 Å². The molecular formula is C18H54S9. The van der Waals surface area contributed by atoms with Gasteiger partial charge in [0.15, 0.2) is 0 Å². The fraction of sp³-hybridized carbons (Fsp3) is 1.00. The Labute approximate surface area is 216 Å². The Morgan fingerprint density at radius 2 is 0.148 bits per heavy atom. The van der Waals surface area contributed by atoms with Crippen LogP contribution in [0.1, 0.15) is 0 Å². The van der Waals surface area contributed by atoms with Crippen molar-refractivity contribution >= 4 is 106 Å². The molecule has 0 saturated carbocycles. The lowest BCUT2D eigenvalue weighted by atomic mass is 11.9. The van der Waals surface area contributed by atoms with Crippen LogP contribution in [0.2, 0.25) is 0 Å². The van der Waals surface area contributed by atoms with E-state index < -0.39 is 0 Å². The molecule has 9 heteroatoms. The van der Waals surface area contributed by atoms with Gasteiger partial charge in [-0.25, -0.2) is 0 Å². The molecule has 0 amide bonds. The first-order valence-electron chi connectivity index (χ1n) is 7.35. The molecule has 0 rings (SSSR count). The molecule has 0 spiro atoms. The van der Waals surface area contributed by atoms with Crippen molar-refractivity contribution in [1.82, 2.24) is 0 Å². The maximum atomic E-state index is 2.04. The van der Waals surface area contributed by atoms with Crippen LogP contribution in [0, 0.1) is 0 Å². The molecule has 0 aromatic heterocycles. The van der Waals surface area contributed by atoms with Gasteiger partial charge in [-0.2, -0.15) is 106 Å². The number of hydrogen-bond acceptors (Lipinski definition) is 9. The summed E-state index contributed by atoms with van der Waals surface area (Å²) in [5.41, 5.74) is 0. The summed E-state index contributed by atoms with van der Waals surface area (Å²) in [4.78, 5) is 0. The predicted molar refractivity (Wildman–Crippen MR) is 175 cm³/mol. The first kappa shape index (κ1) is 57.3. The second-order valence-electron chi connectivity index (χ2n) is 3.67. The molecule has 0 aliphatic carbocycles. The number of thioether (sulfide) groups is 9. The van der Waals surface area contributed by atoms with Gasteiger partial charge in [0.1, 0.15) is 0 Å². The third-order valence-corrected chi connectivity index (χ3v) is 0. The molecule has 0 N–H and O–H groups in total. The third kappa shape index (κ3) is 2170. The monoisotopic (exact) mass is 558 g/mol. The molecule has 0 aliphatic rings. The quantitative estimate of drug-likeness (QED) is 0.283. The van der Waals surface area contributed by atoms with E-state index in [9.17, 15) is 0 Å². The van der Waals surface area contributed by atoms with E-state index >= 15 is 0 Å². The van der Waals surface area contributed by atoms with Crippen molar-refractivity contribution in [2.45, 2.75) is 0 Å². The molecule has 0 heterocycles. The van der Waals surface area contributed by atoms with E-state index in [4.69, 9.17) is 0 Å². The molecule has 0 bridgehead atoms. The average Bonchev–Trinajstić information content (AvgIpc) is 2.53. The summed E-state index contributed by atoms with van der Waals surface area (Å²) in [6.07, 6.45) is 36.8. The summed E-state index contributed by atoms with van der Waals surface area (Å²) in [6, 6.07) is 0. The van der Waals surface area contributed by atoms with Crippen LogP contribution in [0.15, 0.2) is 0 Å². The van der Waals surface area contributed by atoms with Gasteiger partial charge in [-0.15, -0.1) is 0 Å². The predicted octanol–water partition coefficient (Wildman–Crippen LogP) is 8.81. The van der Waals surface area contributed by atoms with Gasteiger partial charge in [0.2, 0.25) is 0 Å². The van der Waals surface area contributed by atoms with Gasteiger partial charge in [0, 0.05) is 0 Å². The molecule has 0 fully saturated rings. The molecule has 0 nitrogen and oxygen atoms in total. The Morgan fingerprint density at radius 3 is 0.148 bits per heavy atom. The molecule has 0 aromatic carbocycles. The second kappa shape index (κ2) is 156. The van der Waals surface area contributed by atoms with Gasteiger partial charge in [-0.05, 0) is 113 Å². The highest BCUT2D eigenvalue weighted by Crippen LogP contribution is 1.72. The first-order valence-corrected chi connectivity index (χ1v) is 22.0. The summed E-state index contributed by atoms with van der Waals surface area (Å²) in [5.74, 6) is 0. The topological polar surface area (TPSA) is 0 Å². The van der Waals surface area contributed by atoms with E-state index in [0.29, 0.717) is 0 Å². The number of rotatable bonds is 0. The van der Waals surface area contributed by atoms with Crippen LogP contribution < -0.4 is 0 Å². The third-order valence-electron chi connectivity index (χ3n) is 0. The van der Waals surface area contributed by atoms with Gasteiger partial charge in [-0.1, -0.05) is 0 Å².